The Balaban J connectivity index is 1.30. The second kappa shape index (κ2) is 8.30. The lowest BCUT2D eigenvalue weighted by Gasteiger charge is -2.23. The molecule has 0 bridgehead atoms. The van der Waals surface area contributed by atoms with Crippen LogP contribution in [-0.2, 0) is 5.41 Å². The largest absolute Gasteiger partial charge is 0.0616 e. The summed E-state index contributed by atoms with van der Waals surface area (Å²) in [5.41, 5.74) is 17.3. The zero-order valence-electron chi connectivity index (χ0n) is 24.1. The van der Waals surface area contributed by atoms with Gasteiger partial charge in [-0.3, -0.25) is 0 Å². The zero-order chi connectivity index (χ0) is 28.2. The van der Waals surface area contributed by atoms with Gasteiger partial charge in [-0.2, -0.15) is 0 Å². The second-order valence-corrected chi connectivity index (χ2v) is 12.9. The molecule has 42 heavy (non-hydrogen) atoms. The molecule has 0 saturated heterocycles. The molecule has 0 nitrogen and oxygen atoms in total. The van der Waals surface area contributed by atoms with E-state index in [1.165, 1.54) is 93.9 Å². The lowest BCUT2D eigenvalue weighted by atomic mass is 9.82. The maximum Gasteiger partial charge on any atom is -0.00201 e. The maximum atomic E-state index is 2.42. The molecule has 0 saturated carbocycles. The van der Waals surface area contributed by atoms with Crippen LogP contribution in [0, 0.1) is 0 Å². The Kier molecular flexibility index (Phi) is 4.69. The highest BCUT2D eigenvalue weighted by molar-refractivity contribution is 6.20. The van der Waals surface area contributed by atoms with Crippen molar-refractivity contribution in [3.63, 3.8) is 0 Å². The molecule has 7 aromatic rings. The van der Waals surface area contributed by atoms with Crippen molar-refractivity contribution in [2.45, 2.75) is 26.2 Å². The summed E-state index contributed by atoms with van der Waals surface area (Å²) in [6.07, 6.45) is 0. The van der Waals surface area contributed by atoms with Crippen molar-refractivity contribution in [3.8, 4) is 66.8 Å². The molecule has 0 aliphatic heterocycles. The van der Waals surface area contributed by atoms with E-state index in [0.717, 1.165) is 0 Å². The summed E-state index contributed by atoms with van der Waals surface area (Å²) in [6.45, 7) is 6.97. The van der Waals surface area contributed by atoms with E-state index in [1.807, 2.05) is 0 Å². The number of rotatable bonds is 2. The normalized spacial score (nSPS) is 12.6. The summed E-state index contributed by atoms with van der Waals surface area (Å²) in [5, 5.41) is 5.41. The summed E-state index contributed by atoms with van der Waals surface area (Å²) in [6, 6.07) is 47.9. The minimum absolute atomic E-state index is 0.0148. The van der Waals surface area contributed by atoms with Gasteiger partial charge in [0.25, 0.3) is 0 Å². The van der Waals surface area contributed by atoms with E-state index in [4.69, 9.17) is 0 Å². The van der Waals surface area contributed by atoms with Crippen molar-refractivity contribution in [3.05, 3.63) is 133 Å². The Bertz CT molecular complexity index is 2060. The van der Waals surface area contributed by atoms with Gasteiger partial charge in [-0.1, -0.05) is 142 Å². The Morgan fingerprint density at radius 3 is 1.10 bits per heavy atom. The molecule has 2 aliphatic carbocycles. The fraction of sp³-hybridized carbons (Fsp3) is 0.0952. The van der Waals surface area contributed by atoms with Crippen LogP contribution in [0.3, 0.4) is 0 Å². The second-order valence-electron chi connectivity index (χ2n) is 12.9. The first-order valence-electron chi connectivity index (χ1n) is 14.9. The highest BCUT2D eigenvalue weighted by atomic mass is 14.3. The molecule has 9 rings (SSSR count). The van der Waals surface area contributed by atoms with Crippen molar-refractivity contribution in [2.24, 2.45) is 0 Å². The van der Waals surface area contributed by atoms with Crippen LogP contribution in [-0.4, -0.2) is 0 Å². The molecule has 198 valence electrons. The fourth-order valence-corrected chi connectivity index (χ4v) is 7.49. The van der Waals surface area contributed by atoms with Crippen LogP contribution < -0.4 is 0 Å². The van der Waals surface area contributed by atoms with Crippen molar-refractivity contribution >= 4 is 21.5 Å². The first-order chi connectivity index (χ1) is 20.5. The van der Waals surface area contributed by atoms with E-state index in [2.05, 4.69) is 148 Å². The van der Waals surface area contributed by atoms with Crippen molar-refractivity contribution in [2.75, 3.05) is 0 Å². The van der Waals surface area contributed by atoms with Crippen molar-refractivity contribution in [1.29, 1.82) is 0 Å². The third kappa shape index (κ3) is 3.18. The number of benzene rings is 7. The molecular weight excluding hydrogens is 504 g/mol. The third-order valence-electron chi connectivity index (χ3n) is 9.52. The van der Waals surface area contributed by atoms with Gasteiger partial charge >= 0.3 is 0 Å². The Morgan fingerprint density at radius 2 is 0.690 bits per heavy atom. The Labute approximate surface area is 246 Å². The minimum Gasteiger partial charge on any atom is -0.0616 e. The summed E-state index contributed by atoms with van der Waals surface area (Å²) in [4.78, 5) is 0. The van der Waals surface area contributed by atoms with E-state index >= 15 is 0 Å². The highest BCUT2D eigenvalue weighted by Crippen LogP contribution is 2.51. The number of hydrogen-bond donors (Lipinski definition) is 0. The van der Waals surface area contributed by atoms with Gasteiger partial charge in [-0.05, 0) is 105 Å². The van der Waals surface area contributed by atoms with Gasteiger partial charge in [0, 0.05) is 0 Å². The Hall–Kier alpha value is -4.94. The van der Waals surface area contributed by atoms with Crippen LogP contribution in [0.4, 0.5) is 0 Å². The van der Waals surface area contributed by atoms with Crippen LogP contribution in [0.25, 0.3) is 88.3 Å². The molecule has 0 N–H and O–H groups in total. The fourth-order valence-electron chi connectivity index (χ4n) is 7.49. The predicted octanol–water partition coefficient (Wildman–Crippen LogP) is 11.9. The number of hydrogen-bond acceptors (Lipinski definition) is 0. The summed E-state index contributed by atoms with van der Waals surface area (Å²) < 4.78 is 0. The average molecular weight is 535 g/mol. The zero-order valence-corrected chi connectivity index (χ0v) is 24.1. The van der Waals surface area contributed by atoms with E-state index in [9.17, 15) is 0 Å². The van der Waals surface area contributed by atoms with Crippen LogP contribution >= 0.6 is 0 Å². The maximum absolute atomic E-state index is 2.42. The highest BCUT2D eigenvalue weighted by Gasteiger charge is 2.25. The van der Waals surface area contributed by atoms with Crippen LogP contribution in [0.15, 0.2) is 127 Å². The molecule has 2 aliphatic rings. The van der Waals surface area contributed by atoms with Crippen LogP contribution in [0.2, 0.25) is 0 Å². The molecule has 0 heterocycles. The minimum atomic E-state index is 0.0148. The van der Waals surface area contributed by atoms with E-state index in [-0.39, 0.29) is 5.41 Å². The molecule has 0 radical (unpaired) electrons. The molecule has 0 aromatic heterocycles. The van der Waals surface area contributed by atoms with Gasteiger partial charge in [-0.25, -0.2) is 0 Å². The first kappa shape index (κ1) is 23.7. The molecule has 0 amide bonds. The smallest absolute Gasteiger partial charge is 0.00201 e. The Morgan fingerprint density at radius 1 is 0.333 bits per heavy atom. The summed E-state index contributed by atoms with van der Waals surface area (Å²) in [5.74, 6) is 0. The van der Waals surface area contributed by atoms with Gasteiger partial charge in [0.2, 0.25) is 0 Å². The molecule has 0 spiro atoms. The molecular formula is C42H30. The molecule has 0 unspecified atom stereocenters. The number of fused-ring (bicyclic) bond motifs is 6. The van der Waals surface area contributed by atoms with Gasteiger partial charge in [0.1, 0.15) is 0 Å². The van der Waals surface area contributed by atoms with E-state index in [0.29, 0.717) is 0 Å². The lowest BCUT2D eigenvalue weighted by molar-refractivity contribution is 0.591. The third-order valence-corrected chi connectivity index (χ3v) is 9.52. The summed E-state index contributed by atoms with van der Waals surface area (Å²) >= 11 is 0. The van der Waals surface area contributed by atoms with Crippen LogP contribution in [0.5, 0.6) is 0 Å². The van der Waals surface area contributed by atoms with E-state index < -0.39 is 0 Å². The van der Waals surface area contributed by atoms with E-state index in [1.54, 1.807) is 0 Å². The standard InChI is InChI=1S/C42H30/c1-42(2,3)27-23-25(28-18-20-38-32-12-6-4-10-30(32)36-16-8-14-34(28)40(36)38)22-26(24-27)29-19-21-39-33-13-7-5-11-31(33)37-17-9-15-35(29)41(37)39/h4-24H,1-3H3. The molecule has 0 fully saturated rings. The topological polar surface area (TPSA) is 0 Å². The van der Waals surface area contributed by atoms with Crippen molar-refractivity contribution in [1.82, 2.24) is 0 Å². The van der Waals surface area contributed by atoms with Gasteiger partial charge in [-0.15, -0.1) is 0 Å². The molecule has 0 heteroatoms. The van der Waals surface area contributed by atoms with Crippen molar-refractivity contribution < 1.29 is 0 Å². The van der Waals surface area contributed by atoms with Gasteiger partial charge in [0.15, 0.2) is 0 Å². The van der Waals surface area contributed by atoms with Gasteiger partial charge in [0.05, 0.1) is 0 Å². The molecule has 7 aromatic carbocycles. The summed E-state index contributed by atoms with van der Waals surface area (Å²) in [7, 11) is 0. The van der Waals surface area contributed by atoms with Gasteiger partial charge < -0.3 is 0 Å². The SMILES string of the molecule is CC(C)(C)c1cc(-c2ccc3c4c(cccc24)-c2ccccc2-3)cc(-c2ccc3c4c(cccc24)-c2ccccc2-3)c1. The quantitative estimate of drug-likeness (QED) is 0.207. The molecule has 0 atom stereocenters. The van der Waals surface area contributed by atoms with Crippen LogP contribution in [0.1, 0.15) is 26.3 Å². The first-order valence-corrected chi connectivity index (χ1v) is 14.9. The monoisotopic (exact) mass is 534 g/mol. The lowest BCUT2D eigenvalue weighted by Crippen LogP contribution is -2.11. The average Bonchev–Trinajstić information content (AvgIpc) is 3.52. The predicted molar refractivity (Wildman–Crippen MR) is 180 cm³/mol.